The van der Waals surface area contributed by atoms with Gasteiger partial charge in [-0.3, -0.25) is 14.5 Å². The minimum Gasteiger partial charge on any atom is -0.496 e. The van der Waals surface area contributed by atoms with Crippen LogP contribution in [0.2, 0.25) is 0 Å². The molecule has 3 saturated heterocycles. The van der Waals surface area contributed by atoms with Crippen LogP contribution in [-0.2, 0) is 20.9 Å². The number of nitrogens with one attached hydrogen (secondary N) is 1. The molecule has 0 unspecified atom stereocenters. The van der Waals surface area contributed by atoms with Crippen molar-refractivity contribution in [2.24, 2.45) is 11.3 Å². The number of methoxy groups -OCH3 is 1. The van der Waals surface area contributed by atoms with Crippen molar-refractivity contribution in [2.45, 2.75) is 90.3 Å². The Balaban J connectivity index is 1.49. The molecule has 1 spiro atoms. The third-order valence-corrected chi connectivity index (χ3v) is 8.61. The van der Waals surface area contributed by atoms with E-state index in [1.54, 1.807) is 7.11 Å². The number of benzene rings is 1. The van der Waals surface area contributed by atoms with E-state index in [-0.39, 0.29) is 17.9 Å². The second-order valence-electron chi connectivity index (χ2n) is 11.7. The van der Waals surface area contributed by atoms with Crippen molar-refractivity contribution in [3.05, 3.63) is 29.8 Å². The van der Waals surface area contributed by atoms with Crippen LogP contribution in [0.5, 0.6) is 5.75 Å². The first-order chi connectivity index (χ1) is 17.9. The van der Waals surface area contributed by atoms with E-state index in [1.165, 1.54) is 5.56 Å². The molecule has 3 fully saturated rings. The topological polar surface area (TPSA) is 71.1 Å². The van der Waals surface area contributed by atoms with Crippen LogP contribution in [0, 0.1) is 11.3 Å². The fourth-order valence-electron chi connectivity index (χ4n) is 6.37. The smallest absolute Gasteiger partial charge is 0.245 e. The molecule has 0 aliphatic carbocycles. The highest BCUT2D eigenvalue weighted by molar-refractivity contribution is 5.90. The van der Waals surface area contributed by atoms with Gasteiger partial charge in [-0.05, 0) is 70.0 Å². The number of carbonyl (C=O) groups is 2. The van der Waals surface area contributed by atoms with Gasteiger partial charge in [-0.25, -0.2) is 0 Å². The summed E-state index contributed by atoms with van der Waals surface area (Å²) in [7, 11) is 1.72. The molecule has 3 heterocycles. The summed E-state index contributed by atoms with van der Waals surface area (Å²) in [5, 5.41) is 3.30. The van der Waals surface area contributed by atoms with Crippen LogP contribution in [0.3, 0.4) is 0 Å². The Morgan fingerprint density at radius 3 is 2.59 bits per heavy atom. The lowest BCUT2D eigenvalue weighted by Crippen LogP contribution is -2.56. The Bertz CT molecular complexity index is 897. The average Bonchev–Trinajstić information content (AvgIpc) is 3.36. The van der Waals surface area contributed by atoms with E-state index >= 15 is 0 Å². The molecule has 206 valence electrons. The Kier molecular flexibility index (Phi) is 9.88. The van der Waals surface area contributed by atoms with Crippen molar-refractivity contribution < 1.29 is 19.1 Å². The van der Waals surface area contributed by atoms with Gasteiger partial charge in [0.2, 0.25) is 11.8 Å². The summed E-state index contributed by atoms with van der Waals surface area (Å²) in [5.74, 6) is 1.40. The van der Waals surface area contributed by atoms with Crippen molar-refractivity contribution in [1.82, 2.24) is 15.1 Å². The monoisotopic (exact) mass is 513 g/mol. The zero-order valence-electron chi connectivity index (χ0n) is 23.2. The SMILES string of the molecule is COc1ccccc1CN1CCC2(CCCCCOC[C@@H]3CCCN3C(=O)[C@H](CC(C)C)NC2=O)CC1. The molecule has 7 nitrogen and oxygen atoms in total. The summed E-state index contributed by atoms with van der Waals surface area (Å²) < 4.78 is 11.6. The number of likely N-dealkylation sites (tertiary alicyclic amines) is 1. The number of hydrogen-bond donors (Lipinski definition) is 1. The number of para-hydroxylation sites is 1. The van der Waals surface area contributed by atoms with Gasteiger partial charge in [-0.15, -0.1) is 0 Å². The Morgan fingerprint density at radius 2 is 1.84 bits per heavy atom. The van der Waals surface area contributed by atoms with Crippen molar-refractivity contribution >= 4 is 11.8 Å². The predicted molar refractivity (Wildman–Crippen MR) is 145 cm³/mol. The summed E-state index contributed by atoms with van der Waals surface area (Å²) in [6, 6.07) is 7.85. The summed E-state index contributed by atoms with van der Waals surface area (Å²) in [6.45, 7) is 8.92. The van der Waals surface area contributed by atoms with Gasteiger partial charge in [0.1, 0.15) is 11.8 Å². The lowest BCUT2D eigenvalue weighted by atomic mass is 9.73. The Hall–Kier alpha value is -2.12. The van der Waals surface area contributed by atoms with Gasteiger partial charge in [0.25, 0.3) is 0 Å². The lowest BCUT2D eigenvalue weighted by Gasteiger charge is -2.42. The van der Waals surface area contributed by atoms with Crippen molar-refractivity contribution in [3.63, 3.8) is 0 Å². The van der Waals surface area contributed by atoms with Gasteiger partial charge in [-0.2, -0.15) is 0 Å². The van der Waals surface area contributed by atoms with Gasteiger partial charge in [-0.1, -0.05) is 44.9 Å². The van der Waals surface area contributed by atoms with Crippen LogP contribution < -0.4 is 10.1 Å². The number of fused-ring (bicyclic) bond motifs is 1. The Labute approximate surface area is 223 Å². The zero-order valence-corrected chi connectivity index (χ0v) is 23.2. The number of ether oxygens (including phenoxy) is 2. The summed E-state index contributed by atoms with van der Waals surface area (Å²) in [6.07, 6.45) is 8.27. The van der Waals surface area contributed by atoms with Gasteiger partial charge >= 0.3 is 0 Å². The average molecular weight is 514 g/mol. The molecular weight excluding hydrogens is 466 g/mol. The van der Waals surface area contributed by atoms with E-state index in [4.69, 9.17) is 9.47 Å². The second-order valence-corrected chi connectivity index (χ2v) is 11.7. The minimum atomic E-state index is -0.459. The molecule has 7 heteroatoms. The van der Waals surface area contributed by atoms with E-state index < -0.39 is 11.5 Å². The van der Waals surface area contributed by atoms with Crippen LogP contribution >= 0.6 is 0 Å². The van der Waals surface area contributed by atoms with Crippen LogP contribution in [0.4, 0.5) is 0 Å². The van der Waals surface area contributed by atoms with Gasteiger partial charge in [0.15, 0.2) is 0 Å². The van der Waals surface area contributed by atoms with E-state index in [1.807, 2.05) is 17.0 Å². The van der Waals surface area contributed by atoms with E-state index in [2.05, 4.69) is 36.2 Å². The van der Waals surface area contributed by atoms with Gasteiger partial charge in [0, 0.05) is 25.3 Å². The number of piperidine rings is 1. The standard InChI is InChI=1S/C30H47N3O4/c1-23(2)20-26-28(34)33-16-9-11-25(33)22-37-19-8-4-7-13-30(29(35)31-26)14-17-32(18-15-30)21-24-10-5-6-12-27(24)36-3/h5-6,10,12,23,25-26H,4,7-9,11,13-22H2,1-3H3,(H,31,35)/t25-,26-/m0/s1. The molecule has 2 atom stereocenters. The molecule has 37 heavy (non-hydrogen) atoms. The molecule has 0 aromatic heterocycles. The lowest BCUT2D eigenvalue weighted by molar-refractivity contribution is -0.143. The normalized spacial score (nSPS) is 26.1. The van der Waals surface area contributed by atoms with Crippen LogP contribution in [0.25, 0.3) is 0 Å². The van der Waals surface area contributed by atoms with Gasteiger partial charge in [0.05, 0.1) is 25.2 Å². The molecule has 4 rings (SSSR count). The molecule has 1 aromatic rings. The summed E-state index contributed by atoms with van der Waals surface area (Å²) in [4.78, 5) is 32.1. The van der Waals surface area contributed by atoms with Crippen molar-refractivity contribution in [3.8, 4) is 5.75 Å². The van der Waals surface area contributed by atoms with Crippen molar-refractivity contribution in [1.29, 1.82) is 0 Å². The highest BCUT2D eigenvalue weighted by Gasteiger charge is 2.43. The van der Waals surface area contributed by atoms with Crippen LogP contribution in [-0.4, -0.2) is 73.7 Å². The molecule has 0 radical (unpaired) electrons. The first kappa shape index (κ1) is 27.9. The first-order valence-corrected chi connectivity index (χ1v) is 14.5. The molecular formula is C30H47N3O4. The fraction of sp³-hybridized carbons (Fsp3) is 0.733. The van der Waals surface area contributed by atoms with E-state index in [9.17, 15) is 9.59 Å². The minimum absolute atomic E-state index is 0.0777. The summed E-state index contributed by atoms with van der Waals surface area (Å²) in [5.41, 5.74) is 0.765. The van der Waals surface area contributed by atoms with Gasteiger partial charge < -0.3 is 19.7 Å². The highest BCUT2D eigenvalue weighted by atomic mass is 16.5. The van der Waals surface area contributed by atoms with Crippen LogP contribution in [0.15, 0.2) is 24.3 Å². The number of carbonyl (C=O) groups excluding carboxylic acids is 2. The molecule has 3 aliphatic heterocycles. The molecule has 0 saturated carbocycles. The fourth-order valence-corrected chi connectivity index (χ4v) is 6.37. The maximum Gasteiger partial charge on any atom is 0.245 e. The molecule has 2 amide bonds. The van der Waals surface area contributed by atoms with E-state index in [0.29, 0.717) is 18.9 Å². The number of nitrogens with zero attached hydrogens (tertiary/aromatic N) is 2. The third-order valence-electron chi connectivity index (χ3n) is 8.61. The highest BCUT2D eigenvalue weighted by Crippen LogP contribution is 2.38. The largest absolute Gasteiger partial charge is 0.496 e. The molecule has 0 bridgehead atoms. The number of hydrogen-bond acceptors (Lipinski definition) is 5. The summed E-state index contributed by atoms with van der Waals surface area (Å²) >= 11 is 0. The quantitative estimate of drug-likeness (QED) is 0.632. The van der Waals surface area contributed by atoms with Crippen LogP contribution in [0.1, 0.15) is 77.2 Å². The zero-order chi connectivity index (χ0) is 26.3. The predicted octanol–water partition coefficient (Wildman–Crippen LogP) is 4.39. The molecule has 1 N–H and O–H groups in total. The first-order valence-electron chi connectivity index (χ1n) is 14.5. The Morgan fingerprint density at radius 1 is 1.05 bits per heavy atom. The molecule has 3 aliphatic rings. The number of amides is 2. The van der Waals surface area contributed by atoms with E-state index in [0.717, 1.165) is 89.9 Å². The third kappa shape index (κ3) is 7.05. The maximum absolute atomic E-state index is 14.0. The second kappa shape index (κ2) is 13.1. The molecule has 1 aromatic carbocycles. The number of rotatable bonds is 5. The maximum atomic E-state index is 14.0. The van der Waals surface area contributed by atoms with Crippen molar-refractivity contribution in [2.75, 3.05) is 40.0 Å².